The summed E-state index contributed by atoms with van der Waals surface area (Å²) in [6, 6.07) is 3.44. The van der Waals surface area contributed by atoms with E-state index in [0.717, 1.165) is 38.3 Å². The Bertz CT molecular complexity index is 1110. The molecule has 0 amide bonds. The number of benzene rings is 1. The molecule has 2 aromatic rings. The van der Waals surface area contributed by atoms with Gasteiger partial charge in [0.2, 0.25) is 5.43 Å². The van der Waals surface area contributed by atoms with Crippen molar-refractivity contribution in [3.63, 3.8) is 0 Å². The van der Waals surface area contributed by atoms with Gasteiger partial charge in [-0.05, 0) is 44.2 Å². The SMILES string of the molecule is N#Cc1c(N2C[C@@H]3CCCN[C@@H]3C2)c(F)cc2c(=O)c(OC(=O)OC3CC3)c[nH]c12. The van der Waals surface area contributed by atoms with E-state index < -0.39 is 17.4 Å². The summed E-state index contributed by atoms with van der Waals surface area (Å²) in [5.41, 5.74) is -0.161. The van der Waals surface area contributed by atoms with Crippen LogP contribution in [-0.4, -0.2) is 42.9 Å². The first-order valence-corrected chi connectivity index (χ1v) is 10.2. The molecule has 8 nitrogen and oxygen atoms in total. The van der Waals surface area contributed by atoms with Gasteiger partial charge in [0.25, 0.3) is 0 Å². The molecule has 2 saturated heterocycles. The van der Waals surface area contributed by atoms with Crippen LogP contribution in [0.15, 0.2) is 17.1 Å². The van der Waals surface area contributed by atoms with Crippen LogP contribution in [0.2, 0.25) is 0 Å². The van der Waals surface area contributed by atoms with Crippen molar-refractivity contribution in [2.24, 2.45) is 5.92 Å². The topological polar surface area (TPSA) is 107 Å². The number of fused-ring (bicyclic) bond motifs is 2. The van der Waals surface area contributed by atoms with Gasteiger partial charge in [-0.3, -0.25) is 4.79 Å². The Hall–Kier alpha value is -3.12. The lowest BCUT2D eigenvalue weighted by Crippen LogP contribution is -2.40. The summed E-state index contributed by atoms with van der Waals surface area (Å²) in [5.74, 6) is -0.519. The van der Waals surface area contributed by atoms with Crippen LogP contribution in [0.3, 0.4) is 0 Å². The van der Waals surface area contributed by atoms with Gasteiger partial charge in [0.05, 0.1) is 16.6 Å². The molecule has 2 N–H and O–H groups in total. The molecule has 2 atom stereocenters. The van der Waals surface area contributed by atoms with Crippen molar-refractivity contribution >= 4 is 22.7 Å². The van der Waals surface area contributed by atoms with Crippen molar-refractivity contribution in [1.82, 2.24) is 10.3 Å². The van der Waals surface area contributed by atoms with Gasteiger partial charge in [0.1, 0.15) is 23.6 Å². The third kappa shape index (κ3) is 3.27. The number of pyridine rings is 1. The summed E-state index contributed by atoms with van der Waals surface area (Å²) in [6.45, 7) is 2.22. The van der Waals surface area contributed by atoms with Crippen molar-refractivity contribution in [1.29, 1.82) is 5.26 Å². The molecule has 3 heterocycles. The Morgan fingerprint density at radius 1 is 1.30 bits per heavy atom. The molecule has 1 aliphatic carbocycles. The lowest BCUT2D eigenvalue weighted by atomic mass is 9.94. The molecule has 156 valence electrons. The molecule has 5 rings (SSSR count). The molecule has 1 saturated carbocycles. The predicted molar refractivity (Wildman–Crippen MR) is 106 cm³/mol. The quantitative estimate of drug-likeness (QED) is 0.746. The number of aromatic nitrogens is 1. The second-order valence-corrected chi connectivity index (χ2v) is 8.14. The van der Waals surface area contributed by atoms with Crippen LogP contribution in [0.1, 0.15) is 31.2 Å². The number of halogens is 1. The summed E-state index contributed by atoms with van der Waals surface area (Å²) in [6.07, 6.45) is 3.78. The Morgan fingerprint density at radius 2 is 2.13 bits per heavy atom. The minimum Gasteiger partial charge on any atom is -0.431 e. The highest BCUT2D eigenvalue weighted by atomic mass is 19.1. The van der Waals surface area contributed by atoms with Crippen LogP contribution < -0.4 is 20.4 Å². The number of piperidine rings is 1. The molecule has 1 aromatic carbocycles. The van der Waals surface area contributed by atoms with Gasteiger partial charge in [0, 0.05) is 25.3 Å². The Morgan fingerprint density at radius 3 is 2.87 bits per heavy atom. The molecule has 0 bridgehead atoms. The number of nitrogens with one attached hydrogen (secondary N) is 2. The molecule has 0 unspecified atom stereocenters. The van der Waals surface area contributed by atoms with Crippen molar-refractivity contribution in [3.8, 4) is 11.8 Å². The fourth-order valence-corrected chi connectivity index (χ4v) is 4.46. The van der Waals surface area contributed by atoms with E-state index in [9.17, 15) is 14.9 Å². The zero-order valence-corrected chi connectivity index (χ0v) is 16.2. The van der Waals surface area contributed by atoms with Crippen LogP contribution in [0.25, 0.3) is 10.9 Å². The summed E-state index contributed by atoms with van der Waals surface area (Å²) in [5, 5.41) is 13.2. The number of nitriles is 1. The standard InChI is InChI=1S/C21H21FN4O4/c22-15-6-13-18(25-8-17(20(13)27)30-21(28)29-12-3-4-12)14(7-23)19(15)26-9-11-2-1-5-24-16(11)10-26/h6,8,11-12,16,24H,1-5,9-10H2,(H,25,27)/t11-,16+/m0/s1. The van der Waals surface area contributed by atoms with Crippen LogP contribution >= 0.6 is 0 Å². The van der Waals surface area contributed by atoms with E-state index in [1.54, 1.807) is 0 Å². The maximum atomic E-state index is 15.2. The number of carbonyl (C=O) groups is 1. The van der Waals surface area contributed by atoms with Crippen molar-refractivity contribution < 1.29 is 18.7 Å². The van der Waals surface area contributed by atoms with Gasteiger partial charge in [-0.25, -0.2) is 9.18 Å². The number of hydrogen-bond acceptors (Lipinski definition) is 7. The average Bonchev–Trinajstić information content (AvgIpc) is 3.44. The number of hydrogen-bond donors (Lipinski definition) is 2. The smallest absolute Gasteiger partial charge is 0.431 e. The Balaban J connectivity index is 1.51. The zero-order valence-electron chi connectivity index (χ0n) is 16.2. The van der Waals surface area contributed by atoms with E-state index in [2.05, 4.69) is 16.4 Å². The summed E-state index contributed by atoms with van der Waals surface area (Å²) in [4.78, 5) is 29.3. The van der Waals surface area contributed by atoms with Gasteiger partial charge in [-0.1, -0.05) is 0 Å². The second kappa shape index (κ2) is 7.29. The summed E-state index contributed by atoms with van der Waals surface area (Å²) in [7, 11) is 0. The molecule has 3 aliphatic rings. The molecular formula is C21H21FN4O4. The number of aromatic amines is 1. The van der Waals surface area contributed by atoms with Gasteiger partial charge in [-0.15, -0.1) is 0 Å². The first-order valence-electron chi connectivity index (χ1n) is 10.2. The van der Waals surface area contributed by atoms with Crippen molar-refractivity contribution in [3.05, 3.63) is 33.9 Å². The normalized spacial score (nSPS) is 23.1. The average molecular weight is 412 g/mol. The minimum absolute atomic E-state index is 0.0424. The van der Waals surface area contributed by atoms with Gasteiger partial charge in [0.15, 0.2) is 5.75 Å². The van der Waals surface area contributed by atoms with Gasteiger partial charge >= 0.3 is 6.16 Å². The highest BCUT2D eigenvalue weighted by Crippen LogP contribution is 2.35. The maximum Gasteiger partial charge on any atom is 0.514 e. The van der Waals surface area contributed by atoms with Crippen molar-refractivity contribution in [2.45, 2.75) is 37.8 Å². The van der Waals surface area contributed by atoms with Crippen molar-refractivity contribution in [2.75, 3.05) is 24.5 Å². The fourth-order valence-electron chi connectivity index (χ4n) is 4.46. The van der Waals surface area contributed by atoms with Gasteiger partial charge < -0.3 is 24.7 Å². The van der Waals surface area contributed by atoms with E-state index in [4.69, 9.17) is 9.47 Å². The molecule has 0 spiro atoms. The Kier molecular flexibility index (Phi) is 4.59. The number of H-pyrrole nitrogens is 1. The molecule has 30 heavy (non-hydrogen) atoms. The lowest BCUT2D eigenvalue weighted by molar-refractivity contribution is 0.0921. The molecule has 3 fully saturated rings. The third-order valence-corrected chi connectivity index (χ3v) is 6.08. The van der Waals surface area contributed by atoms with Gasteiger partial charge in [-0.2, -0.15) is 5.26 Å². The van der Waals surface area contributed by atoms with E-state index in [-0.39, 0.29) is 40.0 Å². The molecule has 1 aromatic heterocycles. The maximum absolute atomic E-state index is 15.2. The highest BCUT2D eigenvalue weighted by Gasteiger charge is 2.37. The summed E-state index contributed by atoms with van der Waals surface area (Å²) < 4.78 is 25.1. The Labute approximate surface area is 171 Å². The minimum atomic E-state index is -0.966. The monoisotopic (exact) mass is 412 g/mol. The first-order chi connectivity index (χ1) is 14.5. The number of carbonyl (C=O) groups excluding carboxylic acids is 1. The second-order valence-electron chi connectivity index (χ2n) is 8.14. The number of anilines is 1. The fraction of sp³-hybridized carbons (Fsp3) is 0.476. The molecular weight excluding hydrogens is 391 g/mol. The van der Waals surface area contributed by atoms with Crippen LogP contribution in [0, 0.1) is 23.1 Å². The molecule has 0 radical (unpaired) electrons. The van der Waals surface area contributed by atoms with E-state index >= 15 is 4.39 Å². The number of nitrogens with zero attached hydrogens (tertiary/aromatic N) is 2. The van der Waals surface area contributed by atoms with Crippen LogP contribution in [0.4, 0.5) is 14.9 Å². The van der Waals surface area contributed by atoms with E-state index in [1.807, 2.05) is 4.90 Å². The predicted octanol–water partition coefficient (Wildman–Crippen LogP) is 2.40. The molecule has 2 aliphatic heterocycles. The van der Waals surface area contributed by atoms with Crippen LogP contribution in [0.5, 0.6) is 5.75 Å². The lowest BCUT2D eigenvalue weighted by Gasteiger charge is -2.24. The first kappa shape index (κ1) is 18.9. The molecule has 9 heteroatoms. The number of ether oxygens (including phenoxy) is 2. The van der Waals surface area contributed by atoms with Crippen LogP contribution in [-0.2, 0) is 4.74 Å². The van der Waals surface area contributed by atoms with E-state index in [1.165, 1.54) is 6.20 Å². The van der Waals surface area contributed by atoms with E-state index in [0.29, 0.717) is 19.0 Å². The number of rotatable bonds is 3. The largest absolute Gasteiger partial charge is 0.514 e. The summed E-state index contributed by atoms with van der Waals surface area (Å²) >= 11 is 0. The zero-order chi connectivity index (χ0) is 20.8. The third-order valence-electron chi connectivity index (χ3n) is 6.08. The highest BCUT2D eigenvalue weighted by molar-refractivity contribution is 5.91.